The smallest absolute Gasteiger partial charge is 0.292 e. The summed E-state index contributed by atoms with van der Waals surface area (Å²) in [5.41, 5.74) is -0.644. The number of hydrogen-bond donors (Lipinski definition) is 2. The molecule has 19 heavy (non-hydrogen) atoms. The van der Waals surface area contributed by atoms with Crippen LogP contribution in [0.3, 0.4) is 0 Å². The topological polar surface area (TPSA) is 74.6 Å². The first-order valence-electron chi connectivity index (χ1n) is 5.74. The van der Waals surface area contributed by atoms with E-state index in [1.165, 1.54) is 0 Å². The fourth-order valence-electron chi connectivity index (χ4n) is 2.01. The van der Waals surface area contributed by atoms with Crippen molar-refractivity contribution in [2.75, 3.05) is 0 Å². The molecule has 2 N–H and O–H groups in total. The number of aliphatic hydroxyl groups excluding tert-OH is 1. The molecule has 2 aromatic rings. The van der Waals surface area contributed by atoms with Crippen LogP contribution in [0.4, 0.5) is 0 Å². The Kier molecular flexibility index (Phi) is 3.99. The average molecular weight is 278 g/mol. The highest BCUT2D eigenvalue weighted by atomic mass is 32.2. The summed E-state index contributed by atoms with van der Waals surface area (Å²) in [6.45, 7) is 0. The highest BCUT2D eigenvalue weighted by molar-refractivity contribution is 7.86. The standard InChI is InChI=1S/C14H14O4S/c15-14(19(16,17)18)13(11-7-3-1-4-8-11)12-9-5-2-6-10-12/h1-10,13-15H,(H,16,17,18)/t14-/m0/s1. The van der Waals surface area contributed by atoms with Gasteiger partial charge in [0, 0.05) is 0 Å². The first-order chi connectivity index (χ1) is 9.00. The maximum atomic E-state index is 11.2. The van der Waals surface area contributed by atoms with E-state index in [0.29, 0.717) is 11.1 Å². The lowest BCUT2D eigenvalue weighted by Crippen LogP contribution is -2.28. The molecule has 0 heterocycles. The van der Waals surface area contributed by atoms with Gasteiger partial charge in [-0.25, -0.2) is 0 Å². The molecule has 0 spiro atoms. The summed E-state index contributed by atoms with van der Waals surface area (Å²) in [7, 11) is -4.54. The van der Waals surface area contributed by atoms with E-state index < -0.39 is 21.5 Å². The molecule has 1 atom stereocenters. The maximum absolute atomic E-state index is 11.2. The number of aliphatic hydroxyl groups is 1. The second kappa shape index (κ2) is 5.52. The summed E-state index contributed by atoms with van der Waals surface area (Å²) in [5, 5.41) is 9.91. The fourth-order valence-corrected chi connectivity index (χ4v) is 2.67. The van der Waals surface area contributed by atoms with Crippen molar-refractivity contribution in [1.29, 1.82) is 0 Å². The Balaban J connectivity index is 2.52. The number of hydrogen-bond acceptors (Lipinski definition) is 3. The van der Waals surface area contributed by atoms with Crippen LogP contribution in [-0.2, 0) is 10.1 Å². The van der Waals surface area contributed by atoms with Crippen molar-refractivity contribution in [2.45, 2.75) is 11.4 Å². The molecule has 4 nitrogen and oxygen atoms in total. The molecule has 100 valence electrons. The molecule has 0 radical (unpaired) electrons. The zero-order valence-corrected chi connectivity index (χ0v) is 10.9. The molecule has 2 rings (SSSR count). The normalized spacial score (nSPS) is 13.4. The fraction of sp³-hybridized carbons (Fsp3) is 0.143. The van der Waals surface area contributed by atoms with Gasteiger partial charge in [-0.3, -0.25) is 4.55 Å². The molecule has 0 bridgehead atoms. The Labute approximate surface area is 112 Å². The van der Waals surface area contributed by atoms with E-state index in [9.17, 15) is 13.5 Å². The van der Waals surface area contributed by atoms with Crippen LogP contribution < -0.4 is 0 Å². The molecular formula is C14H14O4S. The van der Waals surface area contributed by atoms with Gasteiger partial charge in [0.05, 0.1) is 5.92 Å². The highest BCUT2D eigenvalue weighted by Crippen LogP contribution is 2.30. The zero-order chi connectivity index (χ0) is 13.9. The van der Waals surface area contributed by atoms with E-state index in [1.807, 2.05) is 0 Å². The summed E-state index contributed by atoms with van der Waals surface area (Å²) in [5.74, 6) is -0.822. The molecule has 0 fully saturated rings. The Hall–Kier alpha value is -1.69. The molecule has 0 aliphatic rings. The Morgan fingerprint density at radius 3 is 1.47 bits per heavy atom. The minimum Gasteiger partial charge on any atom is -0.374 e. The molecule has 0 aliphatic carbocycles. The molecule has 5 heteroatoms. The van der Waals surface area contributed by atoms with Crippen molar-refractivity contribution >= 4 is 10.1 Å². The molecule has 0 saturated carbocycles. The quantitative estimate of drug-likeness (QED) is 0.839. The summed E-state index contributed by atoms with van der Waals surface area (Å²) in [4.78, 5) is 0. The van der Waals surface area contributed by atoms with Crippen LogP contribution in [-0.4, -0.2) is 23.5 Å². The van der Waals surface area contributed by atoms with Gasteiger partial charge in [-0.15, -0.1) is 0 Å². The number of rotatable bonds is 4. The Morgan fingerprint density at radius 2 is 1.16 bits per heavy atom. The predicted octanol–water partition coefficient (Wildman–Crippen LogP) is 2.02. The van der Waals surface area contributed by atoms with Crippen molar-refractivity contribution in [3.05, 3.63) is 71.8 Å². The van der Waals surface area contributed by atoms with Gasteiger partial charge < -0.3 is 5.11 Å². The van der Waals surface area contributed by atoms with Crippen LogP contribution >= 0.6 is 0 Å². The van der Waals surface area contributed by atoms with Gasteiger partial charge in [-0.2, -0.15) is 8.42 Å². The van der Waals surface area contributed by atoms with E-state index in [2.05, 4.69) is 0 Å². The Morgan fingerprint density at radius 1 is 0.789 bits per heavy atom. The third kappa shape index (κ3) is 3.20. The summed E-state index contributed by atoms with van der Waals surface area (Å²) >= 11 is 0. The third-order valence-electron chi connectivity index (χ3n) is 2.91. The second-order valence-electron chi connectivity index (χ2n) is 4.20. The molecular weight excluding hydrogens is 264 g/mol. The zero-order valence-electron chi connectivity index (χ0n) is 10.0. The van der Waals surface area contributed by atoms with Crippen molar-refractivity contribution in [3.8, 4) is 0 Å². The van der Waals surface area contributed by atoms with Crippen molar-refractivity contribution < 1.29 is 18.1 Å². The van der Waals surface area contributed by atoms with E-state index in [1.54, 1.807) is 60.7 Å². The molecule has 0 amide bonds. The van der Waals surface area contributed by atoms with Gasteiger partial charge in [0.1, 0.15) is 0 Å². The SMILES string of the molecule is O=S(=O)(O)[C@H](O)C(c1ccccc1)c1ccccc1. The van der Waals surface area contributed by atoms with E-state index >= 15 is 0 Å². The van der Waals surface area contributed by atoms with Gasteiger partial charge in [0.15, 0.2) is 5.44 Å². The summed E-state index contributed by atoms with van der Waals surface area (Å²) in [6.07, 6.45) is 0. The van der Waals surface area contributed by atoms with E-state index in [-0.39, 0.29) is 0 Å². The molecule has 0 aliphatic heterocycles. The van der Waals surface area contributed by atoms with Crippen molar-refractivity contribution in [1.82, 2.24) is 0 Å². The Bertz CT molecular complexity index is 584. The van der Waals surface area contributed by atoms with E-state index in [0.717, 1.165) is 0 Å². The molecule has 0 saturated heterocycles. The second-order valence-corrected chi connectivity index (χ2v) is 5.72. The van der Waals surface area contributed by atoms with Crippen LogP contribution in [0, 0.1) is 0 Å². The van der Waals surface area contributed by atoms with Crippen LogP contribution in [0.2, 0.25) is 0 Å². The summed E-state index contributed by atoms with van der Waals surface area (Å²) < 4.78 is 31.6. The highest BCUT2D eigenvalue weighted by Gasteiger charge is 2.32. The lowest BCUT2D eigenvalue weighted by molar-refractivity contribution is 0.216. The van der Waals surface area contributed by atoms with Crippen LogP contribution in [0.15, 0.2) is 60.7 Å². The first-order valence-corrected chi connectivity index (χ1v) is 7.25. The molecule has 2 aromatic carbocycles. The van der Waals surface area contributed by atoms with Gasteiger partial charge >= 0.3 is 0 Å². The van der Waals surface area contributed by atoms with Crippen molar-refractivity contribution in [2.24, 2.45) is 0 Å². The lowest BCUT2D eigenvalue weighted by Gasteiger charge is -2.21. The average Bonchev–Trinajstić information content (AvgIpc) is 2.40. The van der Waals surface area contributed by atoms with Crippen molar-refractivity contribution in [3.63, 3.8) is 0 Å². The molecule has 0 unspecified atom stereocenters. The van der Waals surface area contributed by atoms with Crippen LogP contribution in [0.25, 0.3) is 0 Å². The molecule has 0 aromatic heterocycles. The minimum absolute atomic E-state index is 0.624. The van der Waals surface area contributed by atoms with Gasteiger partial charge in [-0.1, -0.05) is 60.7 Å². The summed E-state index contributed by atoms with van der Waals surface area (Å²) in [6, 6.07) is 17.5. The van der Waals surface area contributed by atoms with Crippen LogP contribution in [0.5, 0.6) is 0 Å². The monoisotopic (exact) mass is 278 g/mol. The number of benzene rings is 2. The van der Waals surface area contributed by atoms with Gasteiger partial charge in [0.2, 0.25) is 0 Å². The minimum atomic E-state index is -4.54. The lowest BCUT2D eigenvalue weighted by atomic mass is 9.92. The van der Waals surface area contributed by atoms with Gasteiger partial charge in [0.25, 0.3) is 10.1 Å². The maximum Gasteiger partial charge on any atom is 0.292 e. The largest absolute Gasteiger partial charge is 0.374 e. The third-order valence-corrected chi connectivity index (χ3v) is 3.79. The van der Waals surface area contributed by atoms with Crippen LogP contribution in [0.1, 0.15) is 17.0 Å². The first kappa shape index (κ1) is 13.7. The van der Waals surface area contributed by atoms with E-state index in [4.69, 9.17) is 4.55 Å². The van der Waals surface area contributed by atoms with Gasteiger partial charge in [-0.05, 0) is 11.1 Å². The predicted molar refractivity (Wildman–Crippen MR) is 72.3 cm³/mol.